The lowest BCUT2D eigenvalue weighted by Gasteiger charge is -2.31. The van der Waals surface area contributed by atoms with Crippen LogP contribution >= 0.6 is 0 Å². The Labute approximate surface area is 225 Å². The molecule has 1 amide bonds. The highest BCUT2D eigenvalue weighted by molar-refractivity contribution is 6.07. The van der Waals surface area contributed by atoms with Crippen molar-refractivity contribution in [3.05, 3.63) is 95.1 Å². The summed E-state index contributed by atoms with van der Waals surface area (Å²) in [7, 11) is 0. The molecule has 2 aliphatic rings. The molecule has 1 saturated heterocycles. The van der Waals surface area contributed by atoms with E-state index in [4.69, 9.17) is 4.74 Å². The van der Waals surface area contributed by atoms with Crippen LogP contribution in [0.25, 0.3) is 17.2 Å². The fourth-order valence-electron chi connectivity index (χ4n) is 5.44. The number of ether oxygens (including phenoxy) is 1. The highest BCUT2D eigenvalue weighted by Crippen LogP contribution is 2.30. The summed E-state index contributed by atoms with van der Waals surface area (Å²) in [5.74, 6) is 0.319. The minimum atomic E-state index is -0.0753. The van der Waals surface area contributed by atoms with Crippen molar-refractivity contribution in [2.75, 3.05) is 25.0 Å². The summed E-state index contributed by atoms with van der Waals surface area (Å²) in [6.07, 6.45) is 6.25. The Hall–Kier alpha value is -3.70. The molecule has 38 heavy (non-hydrogen) atoms. The molecule has 1 fully saturated rings. The number of nitrogens with one attached hydrogen (secondary N) is 1. The van der Waals surface area contributed by atoms with Gasteiger partial charge in [0.2, 0.25) is 0 Å². The molecule has 3 aromatic carbocycles. The number of carbonyl (C=O) groups excluding carboxylic acids is 2. The van der Waals surface area contributed by atoms with E-state index in [1.807, 2.05) is 43.3 Å². The number of anilines is 1. The normalized spacial score (nSPS) is 15.9. The Morgan fingerprint density at radius 1 is 0.921 bits per heavy atom. The number of hydrogen-bond donors (Lipinski definition) is 1. The van der Waals surface area contributed by atoms with Gasteiger partial charge in [0.05, 0.1) is 6.61 Å². The van der Waals surface area contributed by atoms with Gasteiger partial charge < -0.3 is 10.1 Å². The second kappa shape index (κ2) is 12.2. The van der Waals surface area contributed by atoms with Crippen molar-refractivity contribution in [3.63, 3.8) is 0 Å². The number of benzene rings is 3. The lowest BCUT2D eigenvalue weighted by Crippen LogP contribution is -2.34. The lowest BCUT2D eigenvalue weighted by molar-refractivity contribution is -0.144. The van der Waals surface area contributed by atoms with Gasteiger partial charge in [-0.15, -0.1) is 0 Å². The molecular weight excluding hydrogens is 472 g/mol. The van der Waals surface area contributed by atoms with E-state index in [9.17, 15) is 9.59 Å². The smallest absolute Gasteiger partial charge is 0.306 e. The third-order valence-corrected chi connectivity index (χ3v) is 7.62. The Kier molecular flexibility index (Phi) is 8.34. The van der Waals surface area contributed by atoms with Crippen LogP contribution in [0.15, 0.2) is 78.4 Å². The second-order valence-electron chi connectivity index (χ2n) is 10.3. The van der Waals surface area contributed by atoms with Gasteiger partial charge >= 0.3 is 5.97 Å². The number of aryl methyl sites for hydroxylation is 1. The summed E-state index contributed by atoms with van der Waals surface area (Å²) in [6, 6.07) is 25.0. The average molecular weight is 509 g/mol. The summed E-state index contributed by atoms with van der Waals surface area (Å²) < 4.78 is 5.10. The zero-order chi connectivity index (χ0) is 26.3. The Bertz CT molecular complexity index is 1290. The Morgan fingerprint density at radius 3 is 2.42 bits per heavy atom. The van der Waals surface area contributed by atoms with E-state index >= 15 is 0 Å². The van der Waals surface area contributed by atoms with Crippen molar-refractivity contribution in [2.24, 2.45) is 5.92 Å². The molecule has 5 nitrogen and oxygen atoms in total. The van der Waals surface area contributed by atoms with Crippen LogP contribution in [-0.4, -0.2) is 36.5 Å². The second-order valence-corrected chi connectivity index (χ2v) is 10.3. The number of amides is 1. The highest BCUT2D eigenvalue weighted by atomic mass is 16.5. The first-order valence-corrected chi connectivity index (χ1v) is 13.7. The van der Waals surface area contributed by atoms with Gasteiger partial charge in [0.15, 0.2) is 0 Å². The average Bonchev–Trinajstić information content (AvgIpc) is 2.95. The summed E-state index contributed by atoms with van der Waals surface area (Å²) >= 11 is 0. The predicted molar refractivity (Wildman–Crippen MR) is 152 cm³/mol. The maximum atomic E-state index is 13.1. The number of likely N-dealkylation sites (tertiary alicyclic amines) is 1. The minimum Gasteiger partial charge on any atom is -0.466 e. The molecule has 1 aliphatic carbocycles. The number of fused-ring (bicyclic) bond motifs is 1. The first-order valence-electron chi connectivity index (χ1n) is 13.7. The minimum absolute atomic E-state index is 0.0304. The van der Waals surface area contributed by atoms with E-state index in [-0.39, 0.29) is 11.9 Å². The zero-order valence-corrected chi connectivity index (χ0v) is 22.1. The summed E-state index contributed by atoms with van der Waals surface area (Å²) in [6.45, 7) is 5.17. The van der Waals surface area contributed by atoms with Crippen LogP contribution in [-0.2, 0) is 27.3 Å². The van der Waals surface area contributed by atoms with E-state index in [1.165, 1.54) is 22.3 Å². The molecule has 196 valence electrons. The van der Waals surface area contributed by atoms with E-state index in [1.54, 1.807) is 0 Å². The molecule has 0 aromatic heterocycles. The zero-order valence-electron chi connectivity index (χ0n) is 22.1. The van der Waals surface area contributed by atoms with Gasteiger partial charge in [-0.3, -0.25) is 14.5 Å². The molecule has 1 heterocycles. The highest BCUT2D eigenvalue weighted by Gasteiger charge is 2.22. The molecule has 0 radical (unpaired) electrons. The maximum Gasteiger partial charge on any atom is 0.306 e. The molecule has 0 atom stereocenters. The van der Waals surface area contributed by atoms with Crippen molar-refractivity contribution >= 4 is 23.6 Å². The largest absolute Gasteiger partial charge is 0.466 e. The van der Waals surface area contributed by atoms with E-state index < -0.39 is 0 Å². The molecule has 0 spiro atoms. The summed E-state index contributed by atoms with van der Waals surface area (Å²) in [4.78, 5) is 27.2. The topological polar surface area (TPSA) is 58.6 Å². The van der Waals surface area contributed by atoms with Crippen molar-refractivity contribution < 1.29 is 14.3 Å². The van der Waals surface area contributed by atoms with Crippen LogP contribution in [0.5, 0.6) is 0 Å². The third kappa shape index (κ3) is 6.59. The molecular formula is C33H36N2O3. The fraction of sp³-hybridized carbons (Fsp3) is 0.333. The number of esters is 1. The van der Waals surface area contributed by atoms with Crippen LogP contribution < -0.4 is 5.32 Å². The molecule has 5 rings (SSSR count). The number of piperidine rings is 1. The van der Waals surface area contributed by atoms with Crippen LogP contribution in [0.1, 0.15) is 49.3 Å². The van der Waals surface area contributed by atoms with Crippen molar-refractivity contribution in [1.82, 2.24) is 4.90 Å². The van der Waals surface area contributed by atoms with Crippen LogP contribution in [0, 0.1) is 5.92 Å². The van der Waals surface area contributed by atoms with Crippen LogP contribution in [0.3, 0.4) is 0 Å². The van der Waals surface area contributed by atoms with Gasteiger partial charge in [-0.1, -0.05) is 54.6 Å². The van der Waals surface area contributed by atoms with Crippen molar-refractivity contribution in [3.8, 4) is 11.1 Å². The monoisotopic (exact) mass is 508 g/mol. The quantitative estimate of drug-likeness (QED) is 0.354. The van der Waals surface area contributed by atoms with E-state index in [0.29, 0.717) is 18.9 Å². The molecule has 5 heteroatoms. The first kappa shape index (κ1) is 25.9. The Balaban J connectivity index is 1.15. The maximum absolute atomic E-state index is 13.1. The standard InChI is InChI=1S/C33H36N2O3/c1-2-38-32(36)20-24-16-18-35(19-17-24)23-25-8-14-31(15-9-25)34-33(37)29-13-11-27-10-12-28(21-30(27)22-29)26-6-4-3-5-7-26/h3-10,12,14-15,21-22,24H,2,11,13,16-20,23H2,1H3,(H,34,37). The third-order valence-electron chi connectivity index (χ3n) is 7.62. The van der Waals surface area contributed by atoms with Gasteiger partial charge in [-0.2, -0.15) is 0 Å². The Morgan fingerprint density at radius 2 is 1.68 bits per heavy atom. The van der Waals surface area contributed by atoms with Gasteiger partial charge in [-0.05, 0) is 104 Å². The van der Waals surface area contributed by atoms with Gasteiger partial charge in [-0.25, -0.2) is 0 Å². The fourth-order valence-corrected chi connectivity index (χ4v) is 5.44. The van der Waals surface area contributed by atoms with Gasteiger partial charge in [0.1, 0.15) is 0 Å². The number of nitrogens with zero attached hydrogens (tertiary/aromatic N) is 1. The summed E-state index contributed by atoms with van der Waals surface area (Å²) in [5.41, 5.74) is 7.63. The first-order chi connectivity index (χ1) is 18.6. The number of hydrogen-bond acceptors (Lipinski definition) is 4. The lowest BCUT2D eigenvalue weighted by atomic mass is 9.89. The molecule has 1 N–H and O–H groups in total. The van der Waals surface area contributed by atoms with E-state index in [0.717, 1.165) is 62.1 Å². The van der Waals surface area contributed by atoms with Gasteiger partial charge in [0.25, 0.3) is 5.91 Å². The molecule has 0 saturated carbocycles. The van der Waals surface area contributed by atoms with Crippen molar-refractivity contribution in [2.45, 2.75) is 45.6 Å². The summed E-state index contributed by atoms with van der Waals surface area (Å²) in [5, 5.41) is 3.09. The molecule has 0 bridgehead atoms. The SMILES string of the molecule is CCOC(=O)CC1CCN(Cc2ccc(NC(=O)C3=Cc4cc(-c5ccccc5)ccc4CC3)cc2)CC1. The predicted octanol–water partition coefficient (Wildman–Crippen LogP) is 6.49. The van der Waals surface area contributed by atoms with Crippen LogP contribution in [0.4, 0.5) is 5.69 Å². The van der Waals surface area contributed by atoms with Crippen molar-refractivity contribution in [1.29, 1.82) is 0 Å². The molecule has 0 unspecified atom stereocenters. The van der Waals surface area contributed by atoms with E-state index in [2.05, 4.69) is 52.7 Å². The number of rotatable bonds is 8. The van der Waals surface area contributed by atoms with Gasteiger partial charge in [0, 0.05) is 24.2 Å². The van der Waals surface area contributed by atoms with Crippen LogP contribution in [0.2, 0.25) is 0 Å². The number of carbonyl (C=O) groups is 2. The molecule has 1 aliphatic heterocycles. The molecule has 3 aromatic rings.